The van der Waals surface area contributed by atoms with Gasteiger partial charge in [-0.25, -0.2) is 9.59 Å². The molecule has 0 saturated carbocycles. The number of nitrogens with one attached hydrogen (secondary N) is 1. The lowest BCUT2D eigenvalue weighted by Gasteiger charge is -2.17. The molecule has 2 heterocycles. The van der Waals surface area contributed by atoms with E-state index in [0.717, 1.165) is 11.3 Å². The number of carbonyl (C=O) groups is 2. The number of amides is 2. The van der Waals surface area contributed by atoms with Crippen LogP contribution in [-0.4, -0.2) is 33.4 Å². The summed E-state index contributed by atoms with van der Waals surface area (Å²) in [6.45, 7) is 0.532. The van der Waals surface area contributed by atoms with Crippen LogP contribution in [0.25, 0.3) is 0 Å². The highest BCUT2D eigenvalue weighted by molar-refractivity contribution is 6.03. The van der Waals surface area contributed by atoms with Gasteiger partial charge >= 0.3 is 12.0 Å². The number of anilines is 2. The summed E-state index contributed by atoms with van der Waals surface area (Å²) in [5.74, 6) is -0.962. The van der Waals surface area contributed by atoms with E-state index in [-0.39, 0.29) is 11.6 Å². The maximum atomic E-state index is 12.3. The smallest absolute Gasteiger partial charge is 0.335 e. The highest BCUT2D eigenvalue weighted by Crippen LogP contribution is 2.29. The highest BCUT2D eigenvalue weighted by Gasteiger charge is 2.25. The fourth-order valence-electron chi connectivity index (χ4n) is 2.42. The third-order valence-corrected chi connectivity index (χ3v) is 3.42. The molecule has 1 aromatic carbocycles. The molecule has 0 spiro atoms. The summed E-state index contributed by atoms with van der Waals surface area (Å²) in [4.78, 5) is 24.8. The first-order valence-electron chi connectivity index (χ1n) is 6.48. The fraction of sp³-hybridized carbons (Fsp3) is 0.214. The third-order valence-electron chi connectivity index (χ3n) is 3.42. The normalized spacial score (nSPS) is 13.1. The van der Waals surface area contributed by atoms with Crippen LogP contribution in [0.4, 0.5) is 16.2 Å². The summed E-state index contributed by atoms with van der Waals surface area (Å²) in [5, 5.41) is 15.7. The second-order valence-corrected chi connectivity index (χ2v) is 4.88. The van der Waals surface area contributed by atoms with E-state index in [1.807, 2.05) is 0 Å². The molecule has 2 N–H and O–H groups in total. The molecule has 0 unspecified atom stereocenters. The van der Waals surface area contributed by atoms with Gasteiger partial charge in [-0.15, -0.1) is 0 Å². The minimum absolute atomic E-state index is 0.239. The first kappa shape index (κ1) is 13.2. The number of carboxylic acid groups (broad SMARTS) is 1. The Hall–Kier alpha value is -2.83. The van der Waals surface area contributed by atoms with Crippen molar-refractivity contribution in [2.45, 2.75) is 6.42 Å². The van der Waals surface area contributed by atoms with Gasteiger partial charge in [0, 0.05) is 25.5 Å². The molecule has 2 amide bonds. The minimum Gasteiger partial charge on any atom is -0.478 e. The highest BCUT2D eigenvalue weighted by atomic mass is 16.4. The van der Waals surface area contributed by atoms with E-state index in [4.69, 9.17) is 5.11 Å². The molecule has 0 bridgehead atoms. The molecular formula is C14H14N4O3. The monoisotopic (exact) mass is 286 g/mol. The lowest BCUT2D eigenvalue weighted by molar-refractivity contribution is 0.0697. The lowest BCUT2D eigenvalue weighted by Crippen LogP contribution is -2.33. The van der Waals surface area contributed by atoms with E-state index in [1.165, 1.54) is 6.07 Å². The number of hydrogen-bond acceptors (Lipinski definition) is 3. The van der Waals surface area contributed by atoms with Gasteiger partial charge in [-0.05, 0) is 30.2 Å². The van der Waals surface area contributed by atoms with Crippen molar-refractivity contribution in [1.82, 2.24) is 9.78 Å². The van der Waals surface area contributed by atoms with E-state index < -0.39 is 5.97 Å². The van der Waals surface area contributed by atoms with Gasteiger partial charge in [0.15, 0.2) is 0 Å². The van der Waals surface area contributed by atoms with Gasteiger partial charge < -0.3 is 10.4 Å². The molecule has 7 heteroatoms. The predicted octanol–water partition coefficient (Wildman–Crippen LogP) is 1.71. The Kier molecular flexibility index (Phi) is 3.09. The summed E-state index contributed by atoms with van der Waals surface area (Å²) >= 11 is 0. The topological polar surface area (TPSA) is 87.5 Å². The van der Waals surface area contributed by atoms with Gasteiger partial charge in [-0.1, -0.05) is 0 Å². The van der Waals surface area contributed by atoms with Gasteiger partial charge in [-0.2, -0.15) is 5.10 Å². The number of benzene rings is 1. The van der Waals surface area contributed by atoms with Crippen LogP contribution in [0.2, 0.25) is 0 Å². The minimum atomic E-state index is -0.962. The van der Waals surface area contributed by atoms with Crippen molar-refractivity contribution < 1.29 is 14.7 Å². The zero-order chi connectivity index (χ0) is 15.0. The molecule has 0 aliphatic carbocycles. The average molecular weight is 286 g/mol. The number of hydrogen-bond donors (Lipinski definition) is 2. The van der Waals surface area contributed by atoms with E-state index in [0.29, 0.717) is 18.7 Å². The fourth-order valence-corrected chi connectivity index (χ4v) is 2.42. The van der Waals surface area contributed by atoms with Crippen LogP contribution in [0, 0.1) is 0 Å². The standard InChI is InChI=1S/C14H14N4O3/c1-17-8-11(7-15-17)16-14(21)18-5-4-9-6-10(13(19)20)2-3-12(9)18/h2-3,6-8H,4-5H2,1H3,(H,16,21)(H,19,20). The number of rotatable bonds is 2. The Bertz CT molecular complexity index is 723. The van der Waals surface area contributed by atoms with Gasteiger partial charge in [0.05, 0.1) is 17.4 Å². The molecule has 1 aliphatic rings. The van der Waals surface area contributed by atoms with E-state index in [1.54, 1.807) is 41.2 Å². The van der Waals surface area contributed by atoms with Crippen LogP contribution in [0.3, 0.4) is 0 Å². The number of nitrogens with zero attached hydrogens (tertiary/aromatic N) is 3. The summed E-state index contributed by atoms with van der Waals surface area (Å²) in [6, 6.07) is 4.56. The van der Waals surface area contributed by atoms with Gasteiger partial charge in [0.2, 0.25) is 0 Å². The second-order valence-electron chi connectivity index (χ2n) is 4.88. The van der Waals surface area contributed by atoms with Crippen LogP contribution >= 0.6 is 0 Å². The molecule has 0 saturated heterocycles. The van der Waals surface area contributed by atoms with Crippen molar-refractivity contribution in [2.75, 3.05) is 16.8 Å². The molecule has 7 nitrogen and oxygen atoms in total. The number of carboxylic acids is 1. The molecule has 2 aromatic rings. The van der Waals surface area contributed by atoms with Crippen molar-refractivity contribution in [1.29, 1.82) is 0 Å². The predicted molar refractivity (Wildman–Crippen MR) is 76.7 cm³/mol. The number of carbonyl (C=O) groups excluding carboxylic acids is 1. The zero-order valence-electron chi connectivity index (χ0n) is 11.4. The first-order valence-corrected chi connectivity index (χ1v) is 6.48. The molecule has 1 aromatic heterocycles. The number of aromatic carboxylic acids is 1. The zero-order valence-corrected chi connectivity index (χ0v) is 11.4. The first-order chi connectivity index (χ1) is 10.0. The number of aromatic nitrogens is 2. The van der Waals surface area contributed by atoms with Crippen LogP contribution in [0.1, 0.15) is 15.9 Å². The molecule has 108 valence electrons. The van der Waals surface area contributed by atoms with E-state index in [2.05, 4.69) is 10.4 Å². The molecule has 0 radical (unpaired) electrons. The molecule has 21 heavy (non-hydrogen) atoms. The third kappa shape index (κ3) is 2.45. The van der Waals surface area contributed by atoms with Crippen LogP contribution < -0.4 is 10.2 Å². The van der Waals surface area contributed by atoms with Gasteiger partial charge in [0.25, 0.3) is 0 Å². The van der Waals surface area contributed by atoms with Crippen molar-refractivity contribution in [3.63, 3.8) is 0 Å². The second kappa shape index (κ2) is 4.93. The SMILES string of the molecule is Cn1cc(NC(=O)N2CCc3cc(C(=O)O)ccc32)cn1. The Morgan fingerprint density at radius 3 is 2.86 bits per heavy atom. The molecule has 3 rings (SSSR count). The van der Waals surface area contributed by atoms with Crippen LogP contribution in [0.5, 0.6) is 0 Å². The van der Waals surface area contributed by atoms with Crippen molar-refractivity contribution >= 4 is 23.4 Å². The van der Waals surface area contributed by atoms with Crippen molar-refractivity contribution in [2.24, 2.45) is 7.05 Å². The van der Waals surface area contributed by atoms with E-state index >= 15 is 0 Å². The van der Waals surface area contributed by atoms with Crippen molar-refractivity contribution in [3.05, 3.63) is 41.7 Å². The van der Waals surface area contributed by atoms with Crippen LogP contribution in [0.15, 0.2) is 30.6 Å². The van der Waals surface area contributed by atoms with Gasteiger partial charge in [0.1, 0.15) is 0 Å². The number of urea groups is 1. The van der Waals surface area contributed by atoms with Crippen molar-refractivity contribution in [3.8, 4) is 0 Å². The lowest BCUT2D eigenvalue weighted by atomic mass is 10.1. The summed E-state index contributed by atoms with van der Waals surface area (Å²) in [6.07, 6.45) is 3.93. The molecule has 0 atom stereocenters. The van der Waals surface area contributed by atoms with E-state index in [9.17, 15) is 9.59 Å². The molecular weight excluding hydrogens is 272 g/mol. The number of aryl methyl sites for hydroxylation is 1. The quantitative estimate of drug-likeness (QED) is 0.879. The maximum Gasteiger partial charge on any atom is 0.335 e. The van der Waals surface area contributed by atoms with Crippen LogP contribution in [-0.2, 0) is 13.5 Å². The molecule has 0 fully saturated rings. The van der Waals surface area contributed by atoms with Gasteiger partial charge in [-0.3, -0.25) is 9.58 Å². The maximum absolute atomic E-state index is 12.3. The Morgan fingerprint density at radius 1 is 1.38 bits per heavy atom. The summed E-state index contributed by atoms with van der Waals surface area (Å²) in [7, 11) is 1.77. The number of fused-ring (bicyclic) bond motifs is 1. The Morgan fingerprint density at radius 2 is 2.19 bits per heavy atom. The average Bonchev–Trinajstić information content (AvgIpc) is 3.04. The summed E-state index contributed by atoms with van der Waals surface area (Å²) in [5.41, 5.74) is 2.49. The summed E-state index contributed by atoms with van der Waals surface area (Å²) < 4.78 is 1.60. The Balaban J connectivity index is 1.80. The largest absolute Gasteiger partial charge is 0.478 e. The Labute approximate surface area is 120 Å². The molecule has 1 aliphatic heterocycles.